The summed E-state index contributed by atoms with van der Waals surface area (Å²) in [4.78, 5) is 14.5. The highest BCUT2D eigenvalue weighted by Crippen LogP contribution is 2.32. The van der Waals surface area contributed by atoms with Gasteiger partial charge in [0.15, 0.2) is 5.69 Å². The second-order valence-electron chi connectivity index (χ2n) is 2.56. The molecule has 0 aliphatic carbocycles. The molecule has 0 amide bonds. The number of alkyl halides is 3. The molecule has 2 N–H and O–H groups in total. The standard InChI is InChI=1S/C6H5BrF3N5O/c1-12-5-13-3(6(8,9)10)2(7)4(16)15(5)14-11/h11H,1H3,(H,12,13). The number of hydrogen-bond donors (Lipinski definition) is 2. The summed E-state index contributed by atoms with van der Waals surface area (Å²) in [5.41, 5.74) is 4.19. The van der Waals surface area contributed by atoms with Gasteiger partial charge in [-0.15, -0.1) is 4.68 Å². The first-order valence-corrected chi connectivity index (χ1v) is 4.57. The van der Waals surface area contributed by atoms with Crippen LogP contribution in [0.15, 0.2) is 14.5 Å². The number of halogens is 4. The van der Waals surface area contributed by atoms with Crippen molar-refractivity contribution in [3.05, 3.63) is 20.5 Å². The van der Waals surface area contributed by atoms with Gasteiger partial charge >= 0.3 is 6.18 Å². The summed E-state index contributed by atoms with van der Waals surface area (Å²) in [6.07, 6.45) is -4.76. The van der Waals surface area contributed by atoms with Crippen LogP contribution in [-0.2, 0) is 6.18 Å². The van der Waals surface area contributed by atoms with E-state index in [-0.39, 0.29) is 0 Å². The van der Waals surface area contributed by atoms with Gasteiger partial charge in [0, 0.05) is 7.05 Å². The first-order chi connectivity index (χ1) is 7.32. The fourth-order valence-corrected chi connectivity index (χ4v) is 1.42. The molecule has 0 aromatic carbocycles. The SMILES string of the molecule is CNc1nc(C(F)(F)F)c(Br)c(=O)n1N=N. The van der Waals surface area contributed by atoms with E-state index in [1.165, 1.54) is 7.05 Å². The summed E-state index contributed by atoms with van der Waals surface area (Å²) in [5, 5.41) is 5.00. The Morgan fingerprint density at radius 2 is 2.12 bits per heavy atom. The van der Waals surface area contributed by atoms with Gasteiger partial charge in [0.1, 0.15) is 4.47 Å². The fraction of sp³-hybridized carbons (Fsp3) is 0.333. The van der Waals surface area contributed by atoms with E-state index in [0.29, 0.717) is 4.68 Å². The minimum absolute atomic E-state index is 0.402. The minimum atomic E-state index is -4.76. The van der Waals surface area contributed by atoms with Gasteiger partial charge < -0.3 is 5.32 Å². The third kappa shape index (κ3) is 2.05. The van der Waals surface area contributed by atoms with Gasteiger partial charge in [0.2, 0.25) is 5.95 Å². The zero-order chi connectivity index (χ0) is 12.5. The van der Waals surface area contributed by atoms with Crippen molar-refractivity contribution in [1.82, 2.24) is 9.66 Å². The molecule has 10 heteroatoms. The number of hydrogen-bond acceptors (Lipinski definition) is 5. The van der Waals surface area contributed by atoms with Gasteiger partial charge in [-0.2, -0.15) is 18.7 Å². The van der Waals surface area contributed by atoms with Crippen molar-refractivity contribution in [2.24, 2.45) is 5.22 Å². The van der Waals surface area contributed by atoms with Crippen molar-refractivity contribution in [2.45, 2.75) is 6.18 Å². The van der Waals surface area contributed by atoms with Crippen LogP contribution in [0.25, 0.3) is 0 Å². The quantitative estimate of drug-likeness (QED) is 0.818. The van der Waals surface area contributed by atoms with Gasteiger partial charge in [0.25, 0.3) is 5.56 Å². The molecule has 0 bridgehead atoms. The van der Waals surface area contributed by atoms with Crippen molar-refractivity contribution in [2.75, 3.05) is 12.4 Å². The zero-order valence-electron chi connectivity index (χ0n) is 7.76. The van der Waals surface area contributed by atoms with Crippen LogP contribution in [0.5, 0.6) is 0 Å². The molecule has 1 aromatic rings. The molecule has 88 valence electrons. The van der Waals surface area contributed by atoms with Crippen LogP contribution in [0.4, 0.5) is 19.1 Å². The Morgan fingerprint density at radius 3 is 2.50 bits per heavy atom. The van der Waals surface area contributed by atoms with E-state index in [1.54, 1.807) is 0 Å². The molecule has 0 aliphatic rings. The van der Waals surface area contributed by atoms with Gasteiger partial charge in [-0.25, -0.2) is 4.98 Å². The van der Waals surface area contributed by atoms with Gasteiger partial charge in [-0.05, 0) is 15.9 Å². The molecule has 0 unspecified atom stereocenters. The van der Waals surface area contributed by atoms with Crippen LogP contribution in [0.1, 0.15) is 5.69 Å². The number of nitrogens with one attached hydrogen (secondary N) is 2. The highest BCUT2D eigenvalue weighted by Gasteiger charge is 2.37. The van der Waals surface area contributed by atoms with E-state index < -0.39 is 27.9 Å². The first kappa shape index (κ1) is 12.6. The Kier molecular flexibility index (Phi) is 3.31. The van der Waals surface area contributed by atoms with Crippen LogP contribution in [0, 0.1) is 5.53 Å². The monoisotopic (exact) mass is 299 g/mol. The van der Waals surface area contributed by atoms with Crippen LogP contribution in [0.2, 0.25) is 0 Å². The van der Waals surface area contributed by atoms with Crippen molar-refractivity contribution in [3.63, 3.8) is 0 Å². The van der Waals surface area contributed by atoms with E-state index in [2.05, 4.69) is 31.5 Å². The van der Waals surface area contributed by atoms with Crippen LogP contribution >= 0.6 is 15.9 Å². The number of aromatic nitrogens is 2. The third-order valence-electron chi connectivity index (χ3n) is 1.60. The summed E-state index contributed by atoms with van der Waals surface area (Å²) < 4.78 is 36.9. The maximum absolute atomic E-state index is 12.4. The van der Waals surface area contributed by atoms with Crippen LogP contribution in [0.3, 0.4) is 0 Å². The molecule has 0 radical (unpaired) electrons. The fourth-order valence-electron chi connectivity index (χ4n) is 0.935. The maximum atomic E-state index is 12.4. The van der Waals surface area contributed by atoms with Gasteiger partial charge in [-0.1, -0.05) is 5.22 Å². The lowest BCUT2D eigenvalue weighted by Gasteiger charge is -2.11. The van der Waals surface area contributed by atoms with Crippen molar-refractivity contribution in [3.8, 4) is 0 Å². The van der Waals surface area contributed by atoms with Crippen LogP contribution < -0.4 is 10.9 Å². The van der Waals surface area contributed by atoms with Crippen molar-refractivity contribution >= 4 is 21.9 Å². The lowest BCUT2D eigenvalue weighted by atomic mass is 10.4. The average Bonchev–Trinajstić information content (AvgIpc) is 2.19. The molecule has 16 heavy (non-hydrogen) atoms. The molecule has 0 atom stereocenters. The number of anilines is 1. The van der Waals surface area contributed by atoms with Crippen LogP contribution in [-0.4, -0.2) is 16.7 Å². The molecule has 1 aromatic heterocycles. The van der Waals surface area contributed by atoms with E-state index in [0.717, 1.165) is 0 Å². The summed E-state index contributed by atoms with van der Waals surface area (Å²) in [7, 11) is 1.26. The topological polar surface area (TPSA) is 83.1 Å². The summed E-state index contributed by atoms with van der Waals surface area (Å²) in [5.74, 6) is -0.462. The highest BCUT2D eigenvalue weighted by molar-refractivity contribution is 9.10. The minimum Gasteiger partial charge on any atom is -0.357 e. The maximum Gasteiger partial charge on any atom is 0.434 e. The second-order valence-corrected chi connectivity index (χ2v) is 3.36. The van der Waals surface area contributed by atoms with Gasteiger partial charge in [0.05, 0.1) is 0 Å². The molecule has 0 spiro atoms. The van der Waals surface area contributed by atoms with Crippen molar-refractivity contribution in [1.29, 1.82) is 5.53 Å². The molecular weight excluding hydrogens is 295 g/mol. The summed E-state index contributed by atoms with van der Waals surface area (Å²) in [6.45, 7) is 0. The second kappa shape index (κ2) is 4.20. The molecular formula is C6H5BrF3N5O. The Morgan fingerprint density at radius 1 is 1.56 bits per heavy atom. The van der Waals surface area contributed by atoms with E-state index in [1.807, 2.05) is 0 Å². The molecule has 0 fully saturated rings. The van der Waals surface area contributed by atoms with E-state index in [9.17, 15) is 18.0 Å². The van der Waals surface area contributed by atoms with Gasteiger partial charge in [-0.3, -0.25) is 4.79 Å². The smallest absolute Gasteiger partial charge is 0.357 e. The molecule has 0 aliphatic heterocycles. The van der Waals surface area contributed by atoms with E-state index in [4.69, 9.17) is 5.53 Å². The Bertz CT molecular complexity index is 482. The lowest BCUT2D eigenvalue weighted by Crippen LogP contribution is -2.26. The summed E-state index contributed by atoms with van der Waals surface area (Å²) in [6, 6.07) is 0. The highest BCUT2D eigenvalue weighted by atomic mass is 79.9. The molecule has 1 rings (SSSR count). The predicted octanol–water partition coefficient (Wildman–Crippen LogP) is 1.86. The zero-order valence-corrected chi connectivity index (χ0v) is 9.35. The third-order valence-corrected chi connectivity index (χ3v) is 2.31. The van der Waals surface area contributed by atoms with Crippen molar-refractivity contribution < 1.29 is 13.2 Å². The van der Waals surface area contributed by atoms with E-state index >= 15 is 0 Å². The number of rotatable bonds is 2. The summed E-state index contributed by atoms with van der Waals surface area (Å²) >= 11 is 2.48. The molecule has 0 saturated carbocycles. The lowest BCUT2D eigenvalue weighted by molar-refractivity contribution is -0.141. The number of nitrogens with zero attached hydrogens (tertiary/aromatic N) is 3. The molecule has 1 heterocycles. The molecule has 6 nitrogen and oxygen atoms in total. The first-order valence-electron chi connectivity index (χ1n) is 3.78. The normalized spacial score (nSPS) is 11.3. The predicted molar refractivity (Wildman–Crippen MR) is 51.3 cm³/mol. The Labute approximate surface area is 95.1 Å². The average molecular weight is 300 g/mol. The Balaban J connectivity index is 3.64. The largest absolute Gasteiger partial charge is 0.434 e. The Hall–Kier alpha value is -1.45. The molecule has 0 saturated heterocycles.